The molecule has 3 heteroatoms. The molecule has 2 rings (SSSR count). The molecule has 1 unspecified atom stereocenters. The summed E-state index contributed by atoms with van der Waals surface area (Å²) in [5, 5.41) is 12.3. The largest absolute Gasteiger partial charge is 0.388 e. The number of rotatable bonds is 3. The van der Waals surface area contributed by atoms with Crippen molar-refractivity contribution in [3.05, 3.63) is 42.2 Å². The smallest absolute Gasteiger partial charge is 0.0813 e. The molecule has 17 heavy (non-hydrogen) atoms. The number of aliphatic hydroxyl groups is 1. The summed E-state index contributed by atoms with van der Waals surface area (Å²) in [6, 6.07) is 7.84. The van der Waals surface area contributed by atoms with E-state index in [1.54, 1.807) is 12.4 Å². The van der Waals surface area contributed by atoms with E-state index in [4.69, 9.17) is 5.73 Å². The highest BCUT2D eigenvalue weighted by Crippen LogP contribution is 2.28. The van der Waals surface area contributed by atoms with Crippen LogP contribution in [0, 0.1) is 0 Å². The van der Waals surface area contributed by atoms with Gasteiger partial charge in [-0.15, -0.1) is 0 Å². The lowest BCUT2D eigenvalue weighted by atomic mass is 9.92. The van der Waals surface area contributed by atoms with Gasteiger partial charge in [-0.3, -0.25) is 4.98 Å². The Bertz CT molecular complexity index is 512. The van der Waals surface area contributed by atoms with Crippen molar-refractivity contribution >= 4 is 10.8 Å². The zero-order chi connectivity index (χ0) is 12.5. The van der Waals surface area contributed by atoms with Gasteiger partial charge in [0.05, 0.1) is 6.10 Å². The molecule has 0 fully saturated rings. The molecule has 1 heterocycles. The predicted molar refractivity (Wildman–Crippen MR) is 69.6 cm³/mol. The molecule has 0 aliphatic carbocycles. The van der Waals surface area contributed by atoms with Crippen LogP contribution in [0.15, 0.2) is 36.7 Å². The predicted octanol–water partition coefficient (Wildman–Crippen LogP) is 2.40. The molecule has 2 aromatic rings. The molecule has 0 aliphatic rings. The van der Waals surface area contributed by atoms with Crippen molar-refractivity contribution in [2.75, 3.05) is 0 Å². The maximum atomic E-state index is 10.2. The Hall–Kier alpha value is -1.45. The Balaban J connectivity index is 2.41. The van der Waals surface area contributed by atoms with E-state index in [2.05, 4.69) is 4.98 Å². The first-order valence-electron chi connectivity index (χ1n) is 5.77. The number of aliphatic hydroxyl groups excluding tert-OH is 1. The van der Waals surface area contributed by atoms with Crippen molar-refractivity contribution in [2.24, 2.45) is 5.73 Å². The van der Waals surface area contributed by atoms with E-state index in [0.717, 1.165) is 16.3 Å². The van der Waals surface area contributed by atoms with E-state index in [9.17, 15) is 5.11 Å². The fraction of sp³-hybridized carbons (Fsp3) is 0.357. The molecule has 1 aromatic heterocycles. The van der Waals surface area contributed by atoms with Crippen LogP contribution >= 0.6 is 0 Å². The number of hydrogen-bond donors (Lipinski definition) is 2. The normalized spacial score (nSPS) is 13.9. The highest BCUT2D eigenvalue weighted by atomic mass is 16.3. The zero-order valence-corrected chi connectivity index (χ0v) is 10.2. The van der Waals surface area contributed by atoms with Crippen LogP contribution < -0.4 is 5.73 Å². The summed E-state index contributed by atoms with van der Waals surface area (Å²) in [6.07, 6.45) is 3.52. The summed E-state index contributed by atoms with van der Waals surface area (Å²) in [5.41, 5.74) is 6.45. The van der Waals surface area contributed by atoms with E-state index < -0.39 is 6.10 Å². The molecule has 0 amide bonds. The molecular weight excluding hydrogens is 212 g/mol. The molecule has 0 saturated heterocycles. The Labute approximate surface area is 101 Å². The lowest BCUT2D eigenvalue weighted by Gasteiger charge is -2.23. The van der Waals surface area contributed by atoms with Gasteiger partial charge in [-0.1, -0.05) is 18.2 Å². The second kappa shape index (κ2) is 4.43. The number of fused-ring (bicyclic) bond motifs is 1. The highest BCUT2D eigenvalue weighted by Gasteiger charge is 2.19. The first kappa shape index (κ1) is 12.0. The standard InChI is InChI=1S/C14H18N2O/c1-14(2,15)8-13(17)11-5-3-4-10-6-7-16-9-12(10)11/h3-7,9,13,17H,8,15H2,1-2H3. The van der Waals surface area contributed by atoms with Crippen LogP contribution in [0.25, 0.3) is 10.8 Å². The fourth-order valence-corrected chi connectivity index (χ4v) is 2.04. The molecule has 1 atom stereocenters. The van der Waals surface area contributed by atoms with Gasteiger partial charge in [-0.25, -0.2) is 0 Å². The third kappa shape index (κ3) is 2.81. The Kier molecular flexibility index (Phi) is 3.13. The Morgan fingerprint density at radius 1 is 1.35 bits per heavy atom. The van der Waals surface area contributed by atoms with E-state index >= 15 is 0 Å². The van der Waals surface area contributed by atoms with Crippen molar-refractivity contribution in [3.8, 4) is 0 Å². The van der Waals surface area contributed by atoms with Gasteiger partial charge in [0.25, 0.3) is 0 Å². The topological polar surface area (TPSA) is 59.1 Å². The molecule has 0 saturated carbocycles. The number of hydrogen-bond acceptors (Lipinski definition) is 3. The summed E-state index contributed by atoms with van der Waals surface area (Å²) < 4.78 is 0. The number of benzene rings is 1. The summed E-state index contributed by atoms with van der Waals surface area (Å²) in [5.74, 6) is 0. The lowest BCUT2D eigenvalue weighted by Crippen LogP contribution is -2.33. The van der Waals surface area contributed by atoms with Gasteiger partial charge in [-0.05, 0) is 37.3 Å². The second-order valence-electron chi connectivity index (χ2n) is 5.15. The van der Waals surface area contributed by atoms with E-state index in [1.807, 2.05) is 38.1 Å². The summed E-state index contributed by atoms with van der Waals surface area (Å²) in [7, 11) is 0. The zero-order valence-electron chi connectivity index (χ0n) is 10.2. The van der Waals surface area contributed by atoms with E-state index in [-0.39, 0.29) is 5.54 Å². The first-order valence-corrected chi connectivity index (χ1v) is 5.77. The minimum absolute atomic E-state index is 0.385. The molecule has 0 spiro atoms. The minimum atomic E-state index is -0.553. The summed E-state index contributed by atoms with van der Waals surface area (Å²) in [6.45, 7) is 3.83. The van der Waals surface area contributed by atoms with Crippen molar-refractivity contribution in [2.45, 2.75) is 31.9 Å². The average molecular weight is 230 g/mol. The van der Waals surface area contributed by atoms with Crippen LogP contribution in [0.4, 0.5) is 0 Å². The molecular formula is C14H18N2O. The monoisotopic (exact) mass is 230 g/mol. The van der Waals surface area contributed by atoms with Crippen molar-refractivity contribution in [3.63, 3.8) is 0 Å². The maximum absolute atomic E-state index is 10.2. The SMILES string of the molecule is CC(C)(N)CC(O)c1cccc2ccncc12. The van der Waals surface area contributed by atoms with Gasteiger partial charge < -0.3 is 10.8 Å². The van der Waals surface area contributed by atoms with Crippen LogP contribution in [0.5, 0.6) is 0 Å². The quantitative estimate of drug-likeness (QED) is 0.851. The highest BCUT2D eigenvalue weighted by molar-refractivity contribution is 5.85. The summed E-state index contributed by atoms with van der Waals surface area (Å²) in [4.78, 5) is 4.11. The van der Waals surface area contributed by atoms with Gasteiger partial charge in [-0.2, -0.15) is 0 Å². The third-order valence-electron chi connectivity index (χ3n) is 2.80. The van der Waals surface area contributed by atoms with Gasteiger partial charge in [0.15, 0.2) is 0 Å². The molecule has 3 N–H and O–H groups in total. The van der Waals surface area contributed by atoms with Crippen molar-refractivity contribution in [1.29, 1.82) is 0 Å². The van der Waals surface area contributed by atoms with E-state index in [0.29, 0.717) is 6.42 Å². The van der Waals surface area contributed by atoms with Crippen LogP contribution in [-0.2, 0) is 0 Å². The molecule has 90 valence electrons. The van der Waals surface area contributed by atoms with Gasteiger partial charge in [0.1, 0.15) is 0 Å². The average Bonchev–Trinajstić information content (AvgIpc) is 2.26. The lowest BCUT2D eigenvalue weighted by molar-refractivity contribution is 0.143. The molecule has 0 radical (unpaired) electrons. The Morgan fingerprint density at radius 3 is 2.82 bits per heavy atom. The number of nitrogens with two attached hydrogens (primary N) is 1. The Morgan fingerprint density at radius 2 is 2.12 bits per heavy atom. The number of aromatic nitrogens is 1. The van der Waals surface area contributed by atoms with Gasteiger partial charge in [0.2, 0.25) is 0 Å². The summed E-state index contributed by atoms with van der Waals surface area (Å²) >= 11 is 0. The minimum Gasteiger partial charge on any atom is -0.388 e. The molecule has 3 nitrogen and oxygen atoms in total. The third-order valence-corrected chi connectivity index (χ3v) is 2.80. The second-order valence-corrected chi connectivity index (χ2v) is 5.15. The first-order chi connectivity index (χ1) is 7.97. The van der Waals surface area contributed by atoms with Crippen LogP contribution in [-0.4, -0.2) is 15.6 Å². The van der Waals surface area contributed by atoms with Crippen molar-refractivity contribution in [1.82, 2.24) is 4.98 Å². The van der Waals surface area contributed by atoms with E-state index in [1.165, 1.54) is 0 Å². The fourth-order valence-electron chi connectivity index (χ4n) is 2.04. The molecule has 1 aromatic carbocycles. The van der Waals surface area contributed by atoms with Crippen LogP contribution in [0.1, 0.15) is 31.9 Å². The van der Waals surface area contributed by atoms with Crippen molar-refractivity contribution < 1.29 is 5.11 Å². The maximum Gasteiger partial charge on any atom is 0.0813 e. The van der Waals surface area contributed by atoms with Gasteiger partial charge >= 0.3 is 0 Å². The number of nitrogens with zero attached hydrogens (tertiary/aromatic N) is 1. The number of pyridine rings is 1. The van der Waals surface area contributed by atoms with Crippen LogP contribution in [0.2, 0.25) is 0 Å². The van der Waals surface area contributed by atoms with Gasteiger partial charge in [0, 0.05) is 23.3 Å². The molecule has 0 aliphatic heterocycles. The van der Waals surface area contributed by atoms with Crippen LogP contribution in [0.3, 0.4) is 0 Å². The molecule has 0 bridgehead atoms.